The molecule has 0 bridgehead atoms. The minimum absolute atomic E-state index is 0.119. The molecule has 2 N–H and O–H groups in total. The molecule has 0 aliphatic heterocycles. The summed E-state index contributed by atoms with van der Waals surface area (Å²) in [5.74, 6) is -2.37. The summed E-state index contributed by atoms with van der Waals surface area (Å²) in [6.45, 7) is -0.464. The molecule has 1 rings (SSSR count). The minimum Gasteiger partial charge on any atom is -0.491 e. The number of carbonyl (C=O) groups excluding carboxylic acids is 2. The van der Waals surface area contributed by atoms with E-state index in [-0.39, 0.29) is 37.5 Å². The normalized spacial score (nSPS) is 11.5. The van der Waals surface area contributed by atoms with Gasteiger partial charge in [-0.2, -0.15) is 0 Å². The second-order valence-electron chi connectivity index (χ2n) is 5.14. The molecule has 1 aromatic carbocycles. The van der Waals surface area contributed by atoms with E-state index in [1.54, 1.807) is 0 Å². The lowest BCUT2D eigenvalue weighted by molar-refractivity contribution is -0.384. The van der Waals surface area contributed by atoms with Crippen molar-refractivity contribution in [3.05, 3.63) is 34.4 Å². The Bertz CT molecular complexity index is 681. The van der Waals surface area contributed by atoms with Crippen LogP contribution in [0.25, 0.3) is 0 Å². The molecule has 0 saturated heterocycles. The number of nitro benzene ring substituents is 1. The van der Waals surface area contributed by atoms with E-state index in [2.05, 4.69) is 5.32 Å². The topological polar surface area (TPSA) is 145 Å². The molecule has 0 radical (unpaired) electrons. The maximum atomic E-state index is 11.6. The summed E-state index contributed by atoms with van der Waals surface area (Å²) in [5.41, 5.74) is -0.119. The third kappa shape index (κ3) is 9.06. The molecule has 1 amide bonds. The molecule has 0 aromatic heterocycles. The number of aliphatic carboxylic acids is 1. The number of non-ortho nitro benzene ring substituents is 1. The van der Waals surface area contributed by atoms with Crippen LogP contribution in [0.1, 0.15) is 12.8 Å². The van der Waals surface area contributed by atoms with Crippen molar-refractivity contribution in [3.63, 3.8) is 0 Å². The van der Waals surface area contributed by atoms with E-state index in [0.29, 0.717) is 0 Å². The quantitative estimate of drug-likeness (QED) is 0.237. The van der Waals surface area contributed by atoms with Crippen molar-refractivity contribution in [3.8, 4) is 5.75 Å². The average Bonchev–Trinajstić information content (AvgIpc) is 2.62. The predicted octanol–water partition coefficient (Wildman–Crippen LogP) is 1.67. The van der Waals surface area contributed by atoms with E-state index in [1.807, 2.05) is 0 Å². The molecule has 0 fully saturated rings. The first kappa shape index (κ1) is 22.5. The maximum absolute atomic E-state index is 11.6. The number of alkyl halides is 2. The fraction of sp³-hybridized carbons (Fsp3) is 0.400. The van der Waals surface area contributed by atoms with Gasteiger partial charge in [0, 0.05) is 12.1 Å². The Balaban J connectivity index is 2.62. The van der Waals surface area contributed by atoms with Crippen LogP contribution in [0.5, 0.6) is 5.75 Å². The number of halogens is 2. The SMILES string of the molecule is O=C(O)CCC(=O)OCC(COc1ccc([N+](=O)[O-])cc1)NC(=O)C(Cl)Cl. The first-order valence-corrected chi connectivity index (χ1v) is 8.39. The van der Waals surface area contributed by atoms with E-state index in [0.717, 1.165) is 0 Å². The monoisotopic (exact) mass is 422 g/mol. The van der Waals surface area contributed by atoms with Gasteiger partial charge in [-0.25, -0.2) is 0 Å². The van der Waals surface area contributed by atoms with E-state index >= 15 is 0 Å². The number of carboxylic acids is 1. The number of carboxylic acid groups (broad SMARTS) is 1. The smallest absolute Gasteiger partial charge is 0.306 e. The largest absolute Gasteiger partial charge is 0.491 e. The van der Waals surface area contributed by atoms with Gasteiger partial charge in [-0.1, -0.05) is 23.2 Å². The molecule has 0 saturated carbocycles. The number of nitrogens with zero attached hydrogens (tertiary/aromatic N) is 1. The van der Waals surface area contributed by atoms with Crippen molar-refractivity contribution in [2.75, 3.05) is 13.2 Å². The third-order valence-electron chi connectivity index (χ3n) is 3.03. The zero-order chi connectivity index (χ0) is 20.4. The molecule has 1 unspecified atom stereocenters. The molecule has 27 heavy (non-hydrogen) atoms. The van der Waals surface area contributed by atoms with Crippen molar-refractivity contribution < 1.29 is 33.9 Å². The molecule has 0 heterocycles. The van der Waals surface area contributed by atoms with Crippen LogP contribution >= 0.6 is 23.2 Å². The molecular weight excluding hydrogens is 407 g/mol. The number of hydrogen-bond acceptors (Lipinski definition) is 7. The molecular formula is C15H16Cl2N2O8. The van der Waals surface area contributed by atoms with E-state index in [9.17, 15) is 24.5 Å². The van der Waals surface area contributed by atoms with Gasteiger partial charge in [0.25, 0.3) is 11.6 Å². The van der Waals surface area contributed by atoms with Gasteiger partial charge in [-0.15, -0.1) is 0 Å². The molecule has 0 aliphatic carbocycles. The highest BCUT2D eigenvalue weighted by atomic mass is 35.5. The van der Waals surface area contributed by atoms with Crippen molar-refractivity contribution >= 4 is 46.7 Å². The highest BCUT2D eigenvalue weighted by Crippen LogP contribution is 2.17. The summed E-state index contributed by atoms with van der Waals surface area (Å²) in [6, 6.07) is 4.37. The van der Waals surface area contributed by atoms with Crippen LogP contribution in [-0.4, -0.2) is 52.0 Å². The lowest BCUT2D eigenvalue weighted by atomic mass is 10.3. The third-order valence-corrected chi connectivity index (χ3v) is 3.43. The number of amides is 1. The van der Waals surface area contributed by atoms with Crippen molar-refractivity contribution in [1.82, 2.24) is 5.32 Å². The number of ether oxygens (including phenoxy) is 2. The lowest BCUT2D eigenvalue weighted by Crippen LogP contribution is -2.44. The Morgan fingerprint density at radius 2 is 1.78 bits per heavy atom. The molecule has 1 atom stereocenters. The molecule has 0 spiro atoms. The Hall–Kier alpha value is -2.59. The van der Waals surface area contributed by atoms with Crippen LogP contribution in [0, 0.1) is 10.1 Å². The van der Waals surface area contributed by atoms with Gasteiger partial charge in [0.2, 0.25) is 0 Å². The first-order chi connectivity index (χ1) is 12.7. The van der Waals surface area contributed by atoms with Gasteiger partial charge in [0.1, 0.15) is 19.0 Å². The molecule has 0 aliphatic rings. The number of benzene rings is 1. The number of esters is 1. The van der Waals surface area contributed by atoms with Crippen LogP contribution in [0.3, 0.4) is 0 Å². The summed E-state index contributed by atoms with van der Waals surface area (Å²) in [6.07, 6.45) is -0.715. The van der Waals surface area contributed by atoms with E-state index < -0.39 is 33.6 Å². The van der Waals surface area contributed by atoms with Crippen molar-refractivity contribution in [2.24, 2.45) is 0 Å². The summed E-state index contributed by atoms with van der Waals surface area (Å²) >= 11 is 10.9. The number of carbonyl (C=O) groups is 3. The zero-order valence-electron chi connectivity index (χ0n) is 13.8. The van der Waals surface area contributed by atoms with Gasteiger partial charge in [-0.3, -0.25) is 24.5 Å². The lowest BCUT2D eigenvalue weighted by Gasteiger charge is -2.19. The fourth-order valence-corrected chi connectivity index (χ4v) is 1.86. The number of rotatable bonds is 11. The zero-order valence-corrected chi connectivity index (χ0v) is 15.3. The first-order valence-electron chi connectivity index (χ1n) is 7.52. The van der Waals surface area contributed by atoms with Gasteiger partial charge < -0.3 is 19.9 Å². The summed E-state index contributed by atoms with van der Waals surface area (Å²) in [4.78, 5) is 42.2. The Kier molecular flexibility index (Phi) is 9.31. The number of hydrogen-bond donors (Lipinski definition) is 2. The highest BCUT2D eigenvalue weighted by molar-refractivity contribution is 6.53. The molecule has 10 nitrogen and oxygen atoms in total. The van der Waals surface area contributed by atoms with Gasteiger partial charge >= 0.3 is 11.9 Å². The van der Waals surface area contributed by atoms with Crippen molar-refractivity contribution in [2.45, 2.75) is 23.7 Å². The Morgan fingerprint density at radius 3 is 2.30 bits per heavy atom. The van der Waals surface area contributed by atoms with E-state index in [4.69, 9.17) is 37.8 Å². The second kappa shape index (κ2) is 11.2. The molecule has 12 heteroatoms. The second-order valence-corrected chi connectivity index (χ2v) is 6.24. The fourth-order valence-electron chi connectivity index (χ4n) is 1.73. The number of nitrogens with one attached hydrogen (secondary N) is 1. The average molecular weight is 423 g/mol. The van der Waals surface area contributed by atoms with Gasteiger partial charge in [-0.05, 0) is 12.1 Å². The minimum atomic E-state index is -1.35. The molecule has 1 aromatic rings. The maximum Gasteiger partial charge on any atom is 0.306 e. The highest BCUT2D eigenvalue weighted by Gasteiger charge is 2.20. The van der Waals surface area contributed by atoms with Crippen LogP contribution in [0.15, 0.2) is 24.3 Å². The predicted molar refractivity (Wildman–Crippen MR) is 93.8 cm³/mol. The van der Waals surface area contributed by atoms with Crippen molar-refractivity contribution in [1.29, 1.82) is 0 Å². The summed E-state index contributed by atoms with van der Waals surface area (Å²) in [5, 5.41) is 21.5. The van der Waals surface area contributed by atoms with Crippen LogP contribution < -0.4 is 10.1 Å². The Labute approximate surface area is 163 Å². The van der Waals surface area contributed by atoms with Crippen LogP contribution in [0.2, 0.25) is 0 Å². The standard InChI is InChI=1S/C15H16Cl2N2O8/c16-14(17)15(23)18-9(8-27-13(22)6-5-12(20)21)7-26-11-3-1-10(2-4-11)19(24)25/h1-4,9,14H,5-8H2,(H,18,23)(H,20,21). The Morgan fingerprint density at radius 1 is 1.15 bits per heavy atom. The summed E-state index contributed by atoms with van der Waals surface area (Å²) < 4.78 is 10.3. The van der Waals surface area contributed by atoms with Gasteiger partial charge in [0.05, 0.1) is 23.8 Å². The van der Waals surface area contributed by atoms with Gasteiger partial charge in [0.15, 0.2) is 4.84 Å². The van der Waals surface area contributed by atoms with Crippen LogP contribution in [-0.2, 0) is 19.1 Å². The molecule has 148 valence electrons. The number of nitro groups is 1. The van der Waals surface area contributed by atoms with E-state index in [1.165, 1.54) is 24.3 Å². The van der Waals surface area contributed by atoms with Crippen LogP contribution in [0.4, 0.5) is 5.69 Å². The summed E-state index contributed by atoms with van der Waals surface area (Å²) in [7, 11) is 0.